The lowest BCUT2D eigenvalue weighted by Crippen LogP contribution is -2.15. The maximum Gasteiger partial charge on any atom is 0.263 e. The van der Waals surface area contributed by atoms with Crippen molar-refractivity contribution >= 4 is 45.7 Å². The summed E-state index contributed by atoms with van der Waals surface area (Å²) in [4.78, 5) is 26.8. The minimum atomic E-state index is -0.391. The van der Waals surface area contributed by atoms with Gasteiger partial charge in [-0.25, -0.2) is 9.97 Å². The van der Waals surface area contributed by atoms with Crippen molar-refractivity contribution in [1.29, 1.82) is 0 Å². The van der Waals surface area contributed by atoms with E-state index in [1.165, 1.54) is 18.2 Å². The van der Waals surface area contributed by atoms with Gasteiger partial charge in [-0.2, -0.15) is 27.7 Å². The van der Waals surface area contributed by atoms with Gasteiger partial charge < -0.3 is 9.30 Å². The Kier molecular flexibility index (Phi) is 6.12. The Morgan fingerprint density at radius 3 is 2.41 bits per heavy atom. The summed E-state index contributed by atoms with van der Waals surface area (Å²) >= 11 is 3.32. The Morgan fingerprint density at radius 1 is 1.12 bits per heavy atom. The number of anilines is 1. The molecule has 9 nitrogen and oxygen atoms in total. The summed E-state index contributed by atoms with van der Waals surface area (Å²) in [6.45, 7) is 5.35. The van der Waals surface area contributed by atoms with Gasteiger partial charge in [-0.3, -0.25) is 14.8 Å². The number of hydrogen-bond donors (Lipinski definition) is 1. The SMILES string of the molecule is CCn1cnc(NC(=O)c2cc3c(nc2OC)nc(C(c2ccsc2)c2ccsc2)n3CC)n1. The van der Waals surface area contributed by atoms with E-state index in [4.69, 9.17) is 9.72 Å². The molecule has 0 atom stereocenters. The van der Waals surface area contributed by atoms with Crippen LogP contribution in [0, 0.1) is 0 Å². The molecule has 0 fully saturated rings. The van der Waals surface area contributed by atoms with Crippen molar-refractivity contribution in [3.63, 3.8) is 0 Å². The van der Waals surface area contributed by atoms with Gasteiger partial charge in [-0.05, 0) is 64.7 Å². The Labute approximate surface area is 204 Å². The van der Waals surface area contributed by atoms with Crippen LogP contribution in [0.4, 0.5) is 5.95 Å². The number of nitrogens with one attached hydrogen (secondary N) is 1. The van der Waals surface area contributed by atoms with E-state index >= 15 is 0 Å². The number of aryl methyl sites for hydroxylation is 2. The van der Waals surface area contributed by atoms with Crippen LogP contribution in [0.5, 0.6) is 5.88 Å². The molecule has 0 unspecified atom stereocenters. The number of fused-ring (bicyclic) bond motifs is 1. The minimum Gasteiger partial charge on any atom is -0.480 e. The van der Waals surface area contributed by atoms with E-state index in [9.17, 15) is 4.79 Å². The molecule has 0 bridgehead atoms. The summed E-state index contributed by atoms with van der Waals surface area (Å²) in [5.74, 6) is 0.892. The first-order chi connectivity index (χ1) is 16.6. The molecule has 0 saturated heterocycles. The van der Waals surface area contributed by atoms with Gasteiger partial charge in [0, 0.05) is 13.1 Å². The monoisotopic (exact) mass is 493 g/mol. The molecular weight excluding hydrogens is 470 g/mol. The second-order valence-corrected chi connectivity index (χ2v) is 9.09. The van der Waals surface area contributed by atoms with E-state index in [-0.39, 0.29) is 17.7 Å². The molecule has 0 aliphatic rings. The number of aromatic nitrogens is 6. The maximum atomic E-state index is 13.1. The predicted octanol–water partition coefficient (Wildman–Crippen LogP) is 4.63. The number of pyridine rings is 1. The van der Waals surface area contributed by atoms with Gasteiger partial charge in [0.25, 0.3) is 5.91 Å². The van der Waals surface area contributed by atoms with Gasteiger partial charge in [-0.1, -0.05) is 0 Å². The number of thiophene rings is 2. The average Bonchev–Trinajstić information content (AvgIpc) is 3.66. The van der Waals surface area contributed by atoms with E-state index in [1.54, 1.807) is 39.7 Å². The molecule has 0 saturated carbocycles. The van der Waals surface area contributed by atoms with Gasteiger partial charge in [0.2, 0.25) is 11.8 Å². The third-order valence-electron chi connectivity index (χ3n) is 5.59. The van der Waals surface area contributed by atoms with Crippen molar-refractivity contribution in [1.82, 2.24) is 29.3 Å². The van der Waals surface area contributed by atoms with Crippen LogP contribution in [-0.2, 0) is 13.1 Å². The largest absolute Gasteiger partial charge is 0.480 e. The zero-order valence-electron chi connectivity index (χ0n) is 18.9. The topological polar surface area (TPSA) is 99.8 Å². The number of imidazole rings is 1. The summed E-state index contributed by atoms with van der Waals surface area (Å²) in [6, 6.07) is 6.04. The second kappa shape index (κ2) is 9.35. The van der Waals surface area contributed by atoms with Crippen molar-refractivity contribution in [3.05, 3.63) is 68.6 Å². The zero-order chi connectivity index (χ0) is 23.7. The molecular formula is C23H23N7O2S2. The van der Waals surface area contributed by atoms with Gasteiger partial charge in [0.1, 0.15) is 17.7 Å². The smallest absolute Gasteiger partial charge is 0.263 e. The van der Waals surface area contributed by atoms with Crippen molar-refractivity contribution < 1.29 is 9.53 Å². The van der Waals surface area contributed by atoms with Crippen LogP contribution >= 0.6 is 22.7 Å². The molecule has 1 N–H and O–H groups in total. The normalized spacial score (nSPS) is 11.4. The molecule has 0 spiro atoms. The summed E-state index contributed by atoms with van der Waals surface area (Å²) in [6.07, 6.45) is 1.57. The molecule has 11 heteroatoms. The van der Waals surface area contributed by atoms with Gasteiger partial charge in [-0.15, -0.1) is 5.10 Å². The predicted molar refractivity (Wildman–Crippen MR) is 133 cm³/mol. The molecule has 5 rings (SSSR count). The number of ether oxygens (including phenoxy) is 1. The third kappa shape index (κ3) is 3.97. The molecule has 5 aromatic heterocycles. The Balaban J connectivity index is 1.61. The lowest BCUT2D eigenvalue weighted by molar-refractivity contribution is 0.102. The summed E-state index contributed by atoms with van der Waals surface area (Å²) in [5, 5.41) is 15.4. The van der Waals surface area contributed by atoms with Crippen LogP contribution in [0.1, 0.15) is 47.1 Å². The van der Waals surface area contributed by atoms with Gasteiger partial charge >= 0.3 is 0 Å². The lowest BCUT2D eigenvalue weighted by atomic mass is 9.95. The van der Waals surface area contributed by atoms with Crippen LogP contribution in [-0.4, -0.2) is 42.3 Å². The number of rotatable bonds is 8. The van der Waals surface area contributed by atoms with Crippen LogP contribution in [0.25, 0.3) is 11.2 Å². The number of hydrogen-bond acceptors (Lipinski definition) is 8. The molecule has 1 amide bonds. The van der Waals surface area contributed by atoms with Crippen LogP contribution < -0.4 is 10.1 Å². The molecule has 34 heavy (non-hydrogen) atoms. The average molecular weight is 494 g/mol. The number of carbonyl (C=O) groups excluding carboxylic acids is 1. The summed E-state index contributed by atoms with van der Waals surface area (Å²) in [5.41, 5.74) is 3.96. The standard InChI is InChI=1S/C23H23N7O2S2/c1-4-29-13-24-23(28-29)27-21(31)16-10-17-19(26-22(16)32-3)25-20(30(17)5-2)18(14-6-8-33-11-14)15-7-9-34-12-15/h6-13,18H,4-5H2,1-3H3,(H,27,28,31). The Hall–Kier alpha value is -3.57. The number of methoxy groups -OCH3 is 1. The molecule has 0 radical (unpaired) electrons. The molecule has 0 aliphatic carbocycles. The highest BCUT2D eigenvalue weighted by atomic mass is 32.1. The molecule has 5 heterocycles. The summed E-state index contributed by atoms with van der Waals surface area (Å²) < 4.78 is 9.22. The highest BCUT2D eigenvalue weighted by Gasteiger charge is 2.27. The number of carbonyl (C=O) groups is 1. The van der Waals surface area contributed by atoms with E-state index in [0.29, 0.717) is 24.3 Å². The van der Waals surface area contributed by atoms with Crippen LogP contribution in [0.2, 0.25) is 0 Å². The fourth-order valence-electron chi connectivity index (χ4n) is 3.96. The van der Waals surface area contributed by atoms with Crippen molar-refractivity contribution in [3.8, 4) is 5.88 Å². The minimum absolute atomic E-state index is 0.0304. The molecule has 174 valence electrons. The Morgan fingerprint density at radius 2 is 1.85 bits per heavy atom. The maximum absolute atomic E-state index is 13.1. The van der Waals surface area contributed by atoms with Crippen molar-refractivity contribution in [2.75, 3.05) is 12.4 Å². The van der Waals surface area contributed by atoms with Crippen molar-refractivity contribution in [2.45, 2.75) is 32.9 Å². The first kappa shape index (κ1) is 22.2. The zero-order valence-corrected chi connectivity index (χ0v) is 20.6. The van der Waals surface area contributed by atoms with E-state index in [1.807, 2.05) is 6.92 Å². The summed E-state index contributed by atoms with van der Waals surface area (Å²) in [7, 11) is 1.49. The lowest BCUT2D eigenvalue weighted by Gasteiger charge is -2.16. The van der Waals surface area contributed by atoms with Crippen LogP contribution in [0.3, 0.4) is 0 Å². The quantitative estimate of drug-likeness (QED) is 0.338. The van der Waals surface area contributed by atoms with Gasteiger partial charge in [0.05, 0.1) is 18.5 Å². The highest BCUT2D eigenvalue weighted by molar-refractivity contribution is 7.08. The fraction of sp³-hybridized carbons (Fsp3) is 0.261. The van der Waals surface area contributed by atoms with E-state index in [2.05, 4.69) is 65.5 Å². The molecule has 0 aliphatic heterocycles. The first-order valence-electron chi connectivity index (χ1n) is 10.8. The first-order valence-corrected chi connectivity index (χ1v) is 12.7. The molecule has 5 aromatic rings. The van der Waals surface area contributed by atoms with Crippen LogP contribution in [0.15, 0.2) is 46.0 Å². The molecule has 0 aromatic carbocycles. The Bertz CT molecular complexity index is 1390. The van der Waals surface area contributed by atoms with Crippen molar-refractivity contribution in [2.24, 2.45) is 0 Å². The van der Waals surface area contributed by atoms with E-state index < -0.39 is 5.91 Å². The number of amides is 1. The highest BCUT2D eigenvalue weighted by Crippen LogP contribution is 2.36. The number of nitrogens with zero attached hydrogens (tertiary/aromatic N) is 6. The van der Waals surface area contributed by atoms with Gasteiger partial charge in [0.15, 0.2) is 5.65 Å². The van der Waals surface area contributed by atoms with E-state index in [0.717, 1.165) is 11.3 Å². The fourth-order valence-corrected chi connectivity index (χ4v) is 5.34. The second-order valence-electron chi connectivity index (χ2n) is 7.53. The third-order valence-corrected chi connectivity index (χ3v) is 6.99.